The molecule has 1 amide bonds. The number of hydrogen-bond donors (Lipinski definition) is 3. The predicted octanol–water partition coefficient (Wildman–Crippen LogP) is 4.11. The van der Waals surface area contributed by atoms with Crippen molar-refractivity contribution in [3.8, 4) is 0 Å². The highest BCUT2D eigenvalue weighted by atomic mass is 35.5. The molecule has 188 valence electrons. The van der Waals surface area contributed by atoms with Crippen molar-refractivity contribution in [2.24, 2.45) is 7.05 Å². The SMILES string of the molecule is Cc1c(CN[C@H](CO)Cc2ccccc2)sc2c(=O)c(CC(=O)NCc3ccc(Cl)cc3)cn(C)c12. The van der Waals surface area contributed by atoms with Gasteiger partial charge in [0.25, 0.3) is 0 Å². The minimum absolute atomic E-state index is 0.0183. The number of nitrogens with one attached hydrogen (secondary N) is 2. The van der Waals surface area contributed by atoms with Gasteiger partial charge in [-0.3, -0.25) is 9.59 Å². The fourth-order valence-electron chi connectivity index (χ4n) is 4.30. The van der Waals surface area contributed by atoms with Crippen LogP contribution in [0.3, 0.4) is 0 Å². The van der Waals surface area contributed by atoms with Gasteiger partial charge in [0.1, 0.15) is 0 Å². The average molecular weight is 524 g/mol. The molecule has 2 aromatic carbocycles. The number of thiophene rings is 1. The van der Waals surface area contributed by atoms with Crippen molar-refractivity contribution in [1.29, 1.82) is 0 Å². The van der Waals surface area contributed by atoms with Gasteiger partial charge in [-0.15, -0.1) is 11.3 Å². The van der Waals surface area contributed by atoms with Gasteiger partial charge in [-0.2, -0.15) is 0 Å². The molecule has 0 saturated heterocycles. The Balaban J connectivity index is 1.46. The Morgan fingerprint density at radius 3 is 2.50 bits per heavy atom. The quantitative estimate of drug-likeness (QED) is 0.292. The van der Waals surface area contributed by atoms with Gasteiger partial charge in [-0.1, -0.05) is 54.1 Å². The molecule has 2 aromatic heterocycles. The van der Waals surface area contributed by atoms with Crippen LogP contribution in [0.25, 0.3) is 10.2 Å². The molecule has 2 heterocycles. The molecule has 0 aliphatic carbocycles. The van der Waals surface area contributed by atoms with Crippen LogP contribution in [-0.4, -0.2) is 28.2 Å². The summed E-state index contributed by atoms with van der Waals surface area (Å²) >= 11 is 7.37. The van der Waals surface area contributed by atoms with Gasteiger partial charge in [0.05, 0.1) is 23.2 Å². The van der Waals surface area contributed by atoms with Gasteiger partial charge >= 0.3 is 0 Å². The maximum absolute atomic E-state index is 13.3. The van der Waals surface area contributed by atoms with E-state index < -0.39 is 0 Å². The Morgan fingerprint density at radius 2 is 1.81 bits per heavy atom. The summed E-state index contributed by atoms with van der Waals surface area (Å²) < 4.78 is 2.58. The third-order valence-electron chi connectivity index (χ3n) is 6.26. The molecule has 0 aliphatic rings. The van der Waals surface area contributed by atoms with E-state index in [2.05, 4.69) is 10.6 Å². The van der Waals surface area contributed by atoms with Crippen LogP contribution in [0.5, 0.6) is 0 Å². The first kappa shape index (κ1) is 26.1. The highest BCUT2D eigenvalue weighted by molar-refractivity contribution is 7.19. The number of rotatable bonds is 10. The van der Waals surface area contributed by atoms with E-state index >= 15 is 0 Å². The number of pyridine rings is 1. The van der Waals surface area contributed by atoms with E-state index in [0.717, 1.165) is 33.5 Å². The Bertz CT molecular complexity index is 1400. The molecule has 8 heteroatoms. The lowest BCUT2D eigenvalue weighted by Gasteiger charge is -2.16. The molecule has 3 N–H and O–H groups in total. The zero-order valence-electron chi connectivity index (χ0n) is 20.4. The van der Waals surface area contributed by atoms with Crippen LogP contribution < -0.4 is 16.1 Å². The van der Waals surface area contributed by atoms with E-state index in [0.29, 0.717) is 28.4 Å². The van der Waals surface area contributed by atoms with Crippen LogP contribution >= 0.6 is 22.9 Å². The van der Waals surface area contributed by atoms with Crippen molar-refractivity contribution in [2.45, 2.75) is 38.9 Å². The summed E-state index contributed by atoms with van der Waals surface area (Å²) in [7, 11) is 1.90. The van der Waals surface area contributed by atoms with Crippen molar-refractivity contribution in [3.63, 3.8) is 0 Å². The molecule has 0 spiro atoms. The highest BCUT2D eigenvalue weighted by Crippen LogP contribution is 2.29. The van der Waals surface area contributed by atoms with E-state index in [4.69, 9.17) is 11.6 Å². The first-order valence-electron chi connectivity index (χ1n) is 11.9. The molecule has 0 bridgehead atoms. The van der Waals surface area contributed by atoms with E-state index in [1.807, 2.05) is 61.0 Å². The van der Waals surface area contributed by atoms with Crippen molar-refractivity contribution in [1.82, 2.24) is 15.2 Å². The van der Waals surface area contributed by atoms with Crippen LogP contribution in [-0.2, 0) is 37.8 Å². The largest absolute Gasteiger partial charge is 0.395 e. The number of aryl methyl sites for hydroxylation is 2. The molecule has 1 atom stereocenters. The molecular formula is C28H30ClN3O3S. The van der Waals surface area contributed by atoms with Crippen LogP contribution in [0.1, 0.15) is 27.1 Å². The number of carbonyl (C=O) groups excluding carboxylic acids is 1. The van der Waals surface area contributed by atoms with Crippen LogP contribution in [0.4, 0.5) is 0 Å². The topological polar surface area (TPSA) is 83.4 Å². The number of aliphatic hydroxyl groups is 1. The molecule has 36 heavy (non-hydrogen) atoms. The Morgan fingerprint density at radius 1 is 1.08 bits per heavy atom. The number of halogens is 1. The standard InChI is InChI=1S/C28H30ClN3O3S/c1-18-24(15-30-23(17-33)12-19-6-4-3-5-7-19)36-28-26(18)32(2)16-21(27(28)35)13-25(34)31-14-20-8-10-22(29)11-9-20/h3-11,16,23,30,33H,12-15,17H2,1-2H3,(H,31,34)/t23-/m0/s1. The maximum Gasteiger partial charge on any atom is 0.224 e. The Labute approximate surface area is 219 Å². The fourth-order valence-corrected chi connectivity index (χ4v) is 5.70. The second-order valence-corrected chi connectivity index (χ2v) is 10.5. The zero-order valence-corrected chi connectivity index (χ0v) is 22.0. The van der Waals surface area contributed by atoms with Crippen molar-refractivity contribution >= 4 is 39.1 Å². The number of amides is 1. The molecule has 0 unspecified atom stereocenters. The normalized spacial score (nSPS) is 12.1. The summed E-state index contributed by atoms with van der Waals surface area (Å²) in [5.41, 5.74) is 4.39. The summed E-state index contributed by atoms with van der Waals surface area (Å²) in [6, 6.07) is 17.2. The summed E-state index contributed by atoms with van der Waals surface area (Å²) in [6.45, 7) is 2.97. The monoisotopic (exact) mass is 523 g/mol. The molecule has 0 radical (unpaired) electrons. The lowest BCUT2D eigenvalue weighted by atomic mass is 10.1. The first-order valence-corrected chi connectivity index (χ1v) is 13.0. The molecule has 0 saturated carbocycles. The van der Waals surface area contributed by atoms with Gasteiger partial charge in [0.2, 0.25) is 11.3 Å². The fraction of sp³-hybridized carbons (Fsp3) is 0.286. The molecule has 6 nitrogen and oxygen atoms in total. The summed E-state index contributed by atoms with van der Waals surface area (Å²) in [5.74, 6) is -0.205. The molecule has 0 aliphatic heterocycles. The minimum atomic E-state index is -0.205. The minimum Gasteiger partial charge on any atom is -0.395 e. The van der Waals surface area contributed by atoms with Crippen LogP contribution in [0, 0.1) is 6.92 Å². The van der Waals surface area contributed by atoms with Gasteiger partial charge in [0, 0.05) is 47.8 Å². The van der Waals surface area contributed by atoms with E-state index in [1.165, 1.54) is 11.3 Å². The molecule has 4 rings (SSSR count). The second kappa shape index (κ2) is 11.8. The maximum atomic E-state index is 13.3. The number of nitrogens with zero attached hydrogens (tertiary/aromatic N) is 1. The number of aliphatic hydroxyl groups excluding tert-OH is 1. The second-order valence-electron chi connectivity index (χ2n) is 8.95. The summed E-state index contributed by atoms with van der Waals surface area (Å²) in [5, 5.41) is 16.8. The first-order chi connectivity index (χ1) is 17.4. The van der Waals surface area contributed by atoms with E-state index in [-0.39, 0.29) is 30.4 Å². The number of benzene rings is 2. The molecule has 0 fully saturated rings. The Kier molecular flexibility index (Phi) is 8.59. The van der Waals surface area contributed by atoms with Crippen LogP contribution in [0.2, 0.25) is 5.02 Å². The zero-order chi connectivity index (χ0) is 25.7. The lowest BCUT2D eigenvalue weighted by Crippen LogP contribution is -2.33. The highest BCUT2D eigenvalue weighted by Gasteiger charge is 2.18. The van der Waals surface area contributed by atoms with Crippen molar-refractivity contribution in [3.05, 3.63) is 103 Å². The predicted molar refractivity (Wildman–Crippen MR) is 147 cm³/mol. The van der Waals surface area contributed by atoms with Gasteiger partial charge in [0.15, 0.2) is 0 Å². The molecule has 4 aromatic rings. The number of fused-ring (bicyclic) bond motifs is 1. The van der Waals surface area contributed by atoms with E-state index in [1.54, 1.807) is 18.3 Å². The molecular weight excluding hydrogens is 494 g/mol. The Hall–Kier alpha value is -2.97. The van der Waals surface area contributed by atoms with Crippen molar-refractivity contribution < 1.29 is 9.90 Å². The average Bonchev–Trinajstić information content (AvgIpc) is 3.22. The number of aromatic nitrogens is 1. The van der Waals surface area contributed by atoms with Crippen molar-refractivity contribution in [2.75, 3.05) is 6.61 Å². The van der Waals surface area contributed by atoms with E-state index in [9.17, 15) is 14.7 Å². The smallest absolute Gasteiger partial charge is 0.224 e. The number of hydrogen-bond acceptors (Lipinski definition) is 5. The third kappa shape index (κ3) is 6.23. The third-order valence-corrected chi connectivity index (χ3v) is 7.80. The summed E-state index contributed by atoms with van der Waals surface area (Å²) in [6.07, 6.45) is 2.50. The number of carbonyl (C=O) groups is 1. The lowest BCUT2D eigenvalue weighted by molar-refractivity contribution is -0.120. The summed E-state index contributed by atoms with van der Waals surface area (Å²) in [4.78, 5) is 26.9. The van der Waals surface area contributed by atoms with Gasteiger partial charge < -0.3 is 20.3 Å². The van der Waals surface area contributed by atoms with Gasteiger partial charge in [-0.05, 0) is 42.2 Å². The van der Waals surface area contributed by atoms with Gasteiger partial charge in [-0.25, -0.2) is 0 Å². The van der Waals surface area contributed by atoms with Crippen LogP contribution in [0.15, 0.2) is 65.6 Å².